The zero-order chi connectivity index (χ0) is 13.8. The van der Waals surface area contributed by atoms with E-state index < -0.39 is 0 Å². The molecule has 0 saturated carbocycles. The number of hydrogen-bond donors (Lipinski definition) is 1. The Labute approximate surface area is 120 Å². The van der Waals surface area contributed by atoms with E-state index in [4.69, 9.17) is 5.26 Å². The van der Waals surface area contributed by atoms with E-state index >= 15 is 0 Å². The maximum atomic E-state index is 8.88. The molecule has 0 spiro atoms. The summed E-state index contributed by atoms with van der Waals surface area (Å²) < 4.78 is 0.741. The molecule has 4 nitrogen and oxygen atoms in total. The number of hydrogen-bond acceptors (Lipinski definition) is 4. The predicted octanol–water partition coefficient (Wildman–Crippen LogP) is 3.98. The Morgan fingerprint density at radius 1 is 1.26 bits per heavy atom. The van der Waals surface area contributed by atoms with Crippen molar-refractivity contribution in [2.45, 2.75) is 19.8 Å². The first-order valence-electron chi connectivity index (χ1n) is 5.90. The molecule has 1 heterocycles. The van der Waals surface area contributed by atoms with Crippen LogP contribution in [0.25, 0.3) is 0 Å². The van der Waals surface area contributed by atoms with Gasteiger partial charge in [-0.15, -0.1) is 0 Å². The van der Waals surface area contributed by atoms with Gasteiger partial charge in [0, 0.05) is 17.7 Å². The van der Waals surface area contributed by atoms with Crippen molar-refractivity contribution in [3.8, 4) is 6.07 Å². The fourth-order valence-corrected chi connectivity index (χ4v) is 1.97. The minimum Gasteiger partial charge on any atom is -0.340 e. The molecule has 2 rings (SSSR count). The van der Waals surface area contributed by atoms with E-state index in [-0.39, 0.29) is 5.92 Å². The molecule has 19 heavy (non-hydrogen) atoms. The van der Waals surface area contributed by atoms with Gasteiger partial charge >= 0.3 is 0 Å². The molecule has 0 atom stereocenters. The second kappa shape index (κ2) is 5.81. The lowest BCUT2D eigenvalue weighted by Crippen LogP contribution is -2.02. The molecular weight excluding hydrogens is 304 g/mol. The first-order valence-corrected chi connectivity index (χ1v) is 6.69. The summed E-state index contributed by atoms with van der Waals surface area (Å²) >= 11 is 3.38. The third-order valence-electron chi connectivity index (χ3n) is 2.49. The number of benzene rings is 1. The molecule has 0 amide bonds. The molecule has 1 N–H and O–H groups in total. The Hall–Kier alpha value is -1.93. The zero-order valence-corrected chi connectivity index (χ0v) is 12.3. The third-order valence-corrected chi connectivity index (χ3v) is 2.90. The fraction of sp³-hybridized carbons (Fsp3) is 0.214. The monoisotopic (exact) mass is 316 g/mol. The van der Waals surface area contributed by atoms with Crippen LogP contribution in [0.3, 0.4) is 0 Å². The van der Waals surface area contributed by atoms with Crippen molar-refractivity contribution in [3.63, 3.8) is 0 Å². The fourth-order valence-electron chi connectivity index (χ4n) is 1.57. The van der Waals surface area contributed by atoms with Gasteiger partial charge < -0.3 is 5.32 Å². The van der Waals surface area contributed by atoms with Crippen LogP contribution >= 0.6 is 15.9 Å². The Morgan fingerprint density at radius 3 is 2.74 bits per heavy atom. The molecule has 5 heteroatoms. The van der Waals surface area contributed by atoms with Crippen LogP contribution in [0, 0.1) is 11.3 Å². The number of nitrogens with zero attached hydrogens (tertiary/aromatic N) is 3. The van der Waals surface area contributed by atoms with Crippen LogP contribution in [0.2, 0.25) is 0 Å². The van der Waals surface area contributed by atoms with Crippen molar-refractivity contribution >= 4 is 27.4 Å². The summed E-state index contributed by atoms with van der Waals surface area (Å²) in [4.78, 5) is 8.77. The molecule has 0 aliphatic carbocycles. The first-order chi connectivity index (χ1) is 9.08. The van der Waals surface area contributed by atoms with Crippen LogP contribution in [-0.2, 0) is 0 Å². The zero-order valence-electron chi connectivity index (χ0n) is 10.7. The predicted molar refractivity (Wildman–Crippen MR) is 78.3 cm³/mol. The average Bonchev–Trinajstić information content (AvgIpc) is 2.38. The molecule has 1 aromatic heterocycles. The number of aromatic nitrogens is 2. The van der Waals surface area contributed by atoms with Gasteiger partial charge in [0.2, 0.25) is 0 Å². The minimum atomic E-state index is 0.253. The molecule has 0 fully saturated rings. The van der Waals surface area contributed by atoms with Gasteiger partial charge in [0.15, 0.2) is 0 Å². The molecule has 0 unspecified atom stereocenters. The second-order valence-electron chi connectivity index (χ2n) is 4.41. The summed E-state index contributed by atoms with van der Waals surface area (Å²) in [5, 5.41) is 12.1. The van der Waals surface area contributed by atoms with E-state index in [2.05, 4.69) is 37.3 Å². The smallest absolute Gasteiger partial charge is 0.135 e. The van der Waals surface area contributed by atoms with Gasteiger partial charge in [-0.3, -0.25) is 0 Å². The Bertz CT molecular complexity index is 632. The first kappa shape index (κ1) is 13.5. The van der Waals surface area contributed by atoms with Crippen molar-refractivity contribution in [2.24, 2.45) is 0 Å². The normalized spacial score (nSPS) is 10.3. The van der Waals surface area contributed by atoms with Gasteiger partial charge in [-0.25, -0.2) is 9.97 Å². The number of anilines is 2. The minimum absolute atomic E-state index is 0.253. The van der Waals surface area contributed by atoms with Crippen molar-refractivity contribution in [1.82, 2.24) is 9.97 Å². The lowest BCUT2D eigenvalue weighted by Gasteiger charge is -2.09. The van der Waals surface area contributed by atoms with Crippen LogP contribution < -0.4 is 5.32 Å². The van der Waals surface area contributed by atoms with Gasteiger partial charge in [-0.1, -0.05) is 19.9 Å². The van der Waals surface area contributed by atoms with Crippen molar-refractivity contribution < 1.29 is 0 Å². The third kappa shape index (κ3) is 3.52. The van der Waals surface area contributed by atoms with Gasteiger partial charge in [0.25, 0.3) is 0 Å². The van der Waals surface area contributed by atoms with E-state index in [1.54, 1.807) is 12.1 Å². The molecule has 0 aliphatic rings. The van der Waals surface area contributed by atoms with Crippen LogP contribution in [0.15, 0.2) is 34.9 Å². The van der Waals surface area contributed by atoms with Crippen molar-refractivity contribution in [3.05, 3.63) is 46.3 Å². The Morgan fingerprint density at radius 2 is 2.05 bits per heavy atom. The van der Waals surface area contributed by atoms with Gasteiger partial charge in [-0.05, 0) is 34.1 Å². The standard InChI is InChI=1S/C14H13BrN4/c1-9(2)14-18-12(15)7-13(19-14)17-11-5-3-4-10(6-11)8-16/h3-7,9H,1-2H3,(H,17,18,19). The van der Waals surface area contributed by atoms with Gasteiger partial charge in [0.05, 0.1) is 11.6 Å². The van der Waals surface area contributed by atoms with Crippen molar-refractivity contribution in [1.29, 1.82) is 5.26 Å². The van der Waals surface area contributed by atoms with E-state index in [9.17, 15) is 0 Å². The summed E-state index contributed by atoms with van der Waals surface area (Å²) in [5.41, 5.74) is 1.45. The lowest BCUT2D eigenvalue weighted by molar-refractivity contribution is 0.771. The van der Waals surface area contributed by atoms with Crippen LogP contribution in [-0.4, -0.2) is 9.97 Å². The summed E-state index contributed by atoms with van der Waals surface area (Å²) in [7, 11) is 0. The Balaban J connectivity index is 2.30. The summed E-state index contributed by atoms with van der Waals surface area (Å²) in [6.45, 7) is 4.09. The Kier molecular flexibility index (Phi) is 4.13. The quantitative estimate of drug-likeness (QED) is 0.870. The molecule has 0 saturated heterocycles. The lowest BCUT2D eigenvalue weighted by atomic mass is 10.2. The molecule has 1 aromatic carbocycles. The van der Waals surface area contributed by atoms with E-state index in [1.165, 1.54) is 0 Å². The van der Waals surface area contributed by atoms with Gasteiger partial charge in [0.1, 0.15) is 16.2 Å². The highest BCUT2D eigenvalue weighted by molar-refractivity contribution is 9.10. The van der Waals surface area contributed by atoms with Crippen molar-refractivity contribution in [2.75, 3.05) is 5.32 Å². The van der Waals surface area contributed by atoms with E-state index in [0.29, 0.717) is 11.4 Å². The summed E-state index contributed by atoms with van der Waals surface area (Å²) in [6.07, 6.45) is 0. The molecule has 0 radical (unpaired) electrons. The highest BCUT2D eigenvalue weighted by atomic mass is 79.9. The maximum Gasteiger partial charge on any atom is 0.135 e. The number of rotatable bonds is 3. The largest absolute Gasteiger partial charge is 0.340 e. The molecule has 2 aromatic rings. The molecular formula is C14H13BrN4. The van der Waals surface area contributed by atoms with E-state index in [1.807, 2.05) is 32.0 Å². The number of nitrogens with one attached hydrogen (secondary N) is 1. The maximum absolute atomic E-state index is 8.88. The molecule has 96 valence electrons. The topological polar surface area (TPSA) is 61.6 Å². The van der Waals surface area contributed by atoms with Crippen LogP contribution in [0.4, 0.5) is 11.5 Å². The number of halogens is 1. The highest BCUT2D eigenvalue weighted by Gasteiger charge is 2.07. The van der Waals surface area contributed by atoms with Gasteiger partial charge in [-0.2, -0.15) is 5.26 Å². The number of nitriles is 1. The van der Waals surface area contributed by atoms with Crippen LogP contribution in [0.1, 0.15) is 31.2 Å². The molecule has 0 aliphatic heterocycles. The highest BCUT2D eigenvalue weighted by Crippen LogP contribution is 2.21. The summed E-state index contributed by atoms with van der Waals surface area (Å²) in [5.74, 6) is 1.73. The van der Waals surface area contributed by atoms with Crippen LogP contribution in [0.5, 0.6) is 0 Å². The average molecular weight is 317 g/mol. The summed E-state index contributed by atoms with van der Waals surface area (Å²) in [6, 6.07) is 11.2. The molecule has 0 bridgehead atoms. The van der Waals surface area contributed by atoms with E-state index in [0.717, 1.165) is 16.1 Å². The second-order valence-corrected chi connectivity index (χ2v) is 5.22. The SMILES string of the molecule is CC(C)c1nc(Br)cc(Nc2cccc(C#N)c2)n1.